The van der Waals surface area contributed by atoms with E-state index in [0.717, 1.165) is 11.4 Å². The standard InChI is InChI=1S/C11H11N2S2/c1-6-9-4-8(14-3)5-10-7(2)13-15(12-6)11(9)10/h4-5H,1-3H3/q+1. The van der Waals surface area contributed by atoms with Gasteiger partial charge in [-0.05, 0) is 41.0 Å². The van der Waals surface area contributed by atoms with Crippen LogP contribution in [0.4, 0.5) is 0 Å². The number of hydrogen-bond donors (Lipinski definition) is 0. The predicted octanol–water partition coefficient (Wildman–Crippen LogP) is 3.61. The predicted molar refractivity (Wildman–Crippen MR) is 67.4 cm³/mol. The van der Waals surface area contributed by atoms with Gasteiger partial charge in [0.2, 0.25) is 15.3 Å². The highest BCUT2D eigenvalue weighted by atomic mass is 32.2. The second-order valence-electron chi connectivity index (χ2n) is 3.67. The van der Waals surface area contributed by atoms with Crippen molar-refractivity contribution in [3.63, 3.8) is 0 Å². The minimum Gasteiger partial charge on any atom is -0.130 e. The van der Waals surface area contributed by atoms with Crippen molar-refractivity contribution in [2.24, 2.45) is 0 Å². The molecule has 0 atom stereocenters. The van der Waals surface area contributed by atoms with Gasteiger partial charge in [-0.3, -0.25) is 0 Å². The molecule has 0 radical (unpaired) electrons. The lowest BCUT2D eigenvalue weighted by molar-refractivity contribution is 1.31. The maximum absolute atomic E-state index is 4.60. The number of nitrogens with zero attached hydrogens (tertiary/aromatic N) is 2. The third-order valence-corrected chi connectivity index (χ3v) is 5.11. The van der Waals surface area contributed by atoms with Gasteiger partial charge in [0.15, 0.2) is 0 Å². The Labute approximate surface area is 95.3 Å². The van der Waals surface area contributed by atoms with Gasteiger partial charge in [0.1, 0.15) is 11.4 Å². The average Bonchev–Trinajstić information content (AvgIpc) is 2.70. The summed E-state index contributed by atoms with van der Waals surface area (Å²) in [5.74, 6) is 0. The second-order valence-corrected chi connectivity index (χ2v) is 5.85. The van der Waals surface area contributed by atoms with Gasteiger partial charge in [-0.2, -0.15) is 0 Å². The van der Waals surface area contributed by atoms with Crippen LogP contribution in [0.3, 0.4) is 0 Å². The van der Waals surface area contributed by atoms with Crippen LogP contribution < -0.4 is 0 Å². The summed E-state index contributed by atoms with van der Waals surface area (Å²) in [4.78, 5) is 1.31. The molecule has 2 aromatic heterocycles. The first-order chi connectivity index (χ1) is 7.20. The summed E-state index contributed by atoms with van der Waals surface area (Å²) in [6.45, 7) is 4.16. The first-order valence-corrected chi connectivity index (χ1v) is 7.15. The van der Waals surface area contributed by atoms with E-state index in [1.807, 2.05) is 0 Å². The van der Waals surface area contributed by atoms with E-state index in [2.05, 4.69) is 41.0 Å². The molecule has 0 unspecified atom stereocenters. The van der Waals surface area contributed by atoms with Crippen molar-refractivity contribution in [3.05, 3.63) is 23.5 Å². The Morgan fingerprint density at radius 2 is 1.60 bits per heavy atom. The first kappa shape index (κ1) is 9.36. The highest BCUT2D eigenvalue weighted by Crippen LogP contribution is 2.38. The maximum atomic E-state index is 4.60. The fourth-order valence-electron chi connectivity index (χ4n) is 1.92. The van der Waals surface area contributed by atoms with Crippen LogP contribution in [-0.2, 0) is 0 Å². The van der Waals surface area contributed by atoms with Crippen molar-refractivity contribution in [2.45, 2.75) is 18.7 Å². The Balaban J connectivity index is 2.58. The van der Waals surface area contributed by atoms with E-state index in [4.69, 9.17) is 0 Å². The van der Waals surface area contributed by atoms with Gasteiger partial charge < -0.3 is 0 Å². The molecule has 0 aliphatic rings. The van der Waals surface area contributed by atoms with Gasteiger partial charge in [-0.15, -0.1) is 11.8 Å². The van der Waals surface area contributed by atoms with E-state index >= 15 is 0 Å². The maximum Gasteiger partial charge on any atom is 0.248 e. The zero-order chi connectivity index (χ0) is 10.6. The molecule has 3 rings (SSSR count). The minimum absolute atomic E-state index is 0.220. The number of aryl methyl sites for hydroxylation is 2. The van der Waals surface area contributed by atoms with Crippen molar-refractivity contribution in [1.82, 2.24) is 8.75 Å². The highest BCUT2D eigenvalue weighted by molar-refractivity contribution is 7.98. The fraction of sp³-hybridized carbons (Fsp3) is 0.273. The van der Waals surface area contributed by atoms with Crippen LogP contribution in [0.1, 0.15) is 11.4 Å². The van der Waals surface area contributed by atoms with E-state index < -0.39 is 0 Å². The zero-order valence-electron chi connectivity index (χ0n) is 8.87. The molecule has 76 valence electrons. The van der Waals surface area contributed by atoms with Crippen molar-refractivity contribution in [1.29, 1.82) is 0 Å². The van der Waals surface area contributed by atoms with Crippen LogP contribution >= 0.6 is 22.4 Å². The molecule has 1 aromatic carbocycles. The molecule has 0 saturated heterocycles. The fourth-order valence-corrected chi connectivity index (χ4v) is 4.14. The van der Waals surface area contributed by atoms with Crippen LogP contribution in [0.15, 0.2) is 17.0 Å². The number of aromatic nitrogens is 2. The third-order valence-electron chi connectivity index (χ3n) is 2.71. The van der Waals surface area contributed by atoms with Crippen molar-refractivity contribution < 1.29 is 0 Å². The van der Waals surface area contributed by atoms with Crippen molar-refractivity contribution >= 4 is 37.9 Å². The molecule has 15 heavy (non-hydrogen) atoms. The Morgan fingerprint density at radius 1 is 1.07 bits per heavy atom. The Kier molecular flexibility index (Phi) is 1.91. The molecule has 0 fully saturated rings. The van der Waals surface area contributed by atoms with Gasteiger partial charge in [0, 0.05) is 4.90 Å². The van der Waals surface area contributed by atoms with Crippen LogP contribution in [0.5, 0.6) is 0 Å². The summed E-state index contributed by atoms with van der Waals surface area (Å²) in [5, 5.41) is 2.61. The van der Waals surface area contributed by atoms with Gasteiger partial charge >= 0.3 is 0 Å². The monoisotopic (exact) mass is 235 g/mol. The summed E-state index contributed by atoms with van der Waals surface area (Å²) < 4.78 is 10.6. The number of thioether (sulfide) groups is 1. The average molecular weight is 235 g/mol. The van der Waals surface area contributed by atoms with Crippen LogP contribution in [-0.4, -0.2) is 15.0 Å². The molecule has 0 spiro atoms. The molecular weight excluding hydrogens is 224 g/mol. The summed E-state index contributed by atoms with van der Waals surface area (Å²) >= 11 is 1.78. The molecule has 0 saturated carbocycles. The van der Waals surface area contributed by atoms with Gasteiger partial charge in [-0.1, -0.05) is 0 Å². The summed E-state index contributed by atoms with van der Waals surface area (Å²) in [6, 6.07) is 4.48. The highest BCUT2D eigenvalue weighted by Gasteiger charge is 2.24. The molecule has 0 amide bonds. The normalized spacial score (nSPS) is 11.9. The number of benzene rings is 1. The lowest BCUT2D eigenvalue weighted by atomic mass is 10.1. The number of hydrogen-bond acceptors (Lipinski definition) is 3. The Bertz CT molecular complexity index is 593. The molecule has 0 bridgehead atoms. The largest absolute Gasteiger partial charge is 0.248 e. The summed E-state index contributed by atoms with van der Waals surface area (Å²) in [6.07, 6.45) is 2.11. The Hall–Kier alpha value is -0.870. The van der Waals surface area contributed by atoms with Crippen LogP contribution in [0.2, 0.25) is 0 Å². The lowest BCUT2D eigenvalue weighted by Crippen LogP contribution is -1.77. The van der Waals surface area contributed by atoms with Crippen LogP contribution in [0, 0.1) is 13.8 Å². The molecule has 0 aliphatic carbocycles. The van der Waals surface area contributed by atoms with E-state index in [9.17, 15) is 0 Å². The molecule has 2 nitrogen and oxygen atoms in total. The molecule has 4 heteroatoms. The van der Waals surface area contributed by atoms with E-state index in [-0.39, 0.29) is 10.6 Å². The van der Waals surface area contributed by atoms with Crippen molar-refractivity contribution in [2.75, 3.05) is 6.26 Å². The topological polar surface area (TPSA) is 25.8 Å². The summed E-state index contributed by atoms with van der Waals surface area (Å²) in [5.41, 5.74) is 2.28. The van der Waals surface area contributed by atoms with Crippen LogP contribution in [0.25, 0.3) is 15.5 Å². The molecule has 2 heterocycles. The van der Waals surface area contributed by atoms with E-state index in [1.165, 1.54) is 20.4 Å². The second kappa shape index (κ2) is 3.06. The smallest absolute Gasteiger partial charge is 0.130 e. The van der Waals surface area contributed by atoms with Crippen molar-refractivity contribution in [3.8, 4) is 0 Å². The van der Waals surface area contributed by atoms with E-state index in [1.54, 1.807) is 11.8 Å². The SMILES string of the molecule is CSc1cc2c(C)n[s+]3nc(C)c(c1)c23. The lowest BCUT2D eigenvalue weighted by Gasteiger charge is -1.95. The first-order valence-electron chi connectivity index (χ1n) is 4.78. The number of rotatable bonds is 1. The molecule has 0 aliphatic heterocycles. The molecule has 0 N–H and O–H groups in total. The molecular formula is C11H11N2S2+. The third kappa shape index (κ3) is 1.18. The van der Waals surface area contributed by atoms with Gasteiger partial charge in [0.05, 0.1) is 10.8 Å². The van der Waals surface area contributed by atoms with Gasteiger partial charge in [0.25, 0.3) is 0 Å². The summed E-state index contributed by atoms with van der Waals surface area (Å²) in [7, 11) is -0.220. The van der Waals surface area contributed by atoms with Gasteiger partial charge in [-0.25, -0.2) is 0 Å². The van der Waals surface area contributed by atoms with E-state index in [0.29, 0.717) is 0 Å². The Morgan fingerprint density at radius 3 is 2.07 bits per heavy atom. The minimum atomic E-state index is -0.220. The quantitative estimate of drug-likeness (QED) is 0.476. The zero-order valence-corrected chi connectivity index (χ0v) is 10.5. The molecule has 3 aromatic rings.